The van der Waals surface area contributed by atoms with Crippen LogP contribution in [0.15, 0.2) is 6.07 Å². The van der Waals surface area contributed by atoms with E-state index in [0.717, 1.165) is 6.42 Å². The smallest absolute Gasteiger partial charge is 0.225 e. The molecule has 90 valence electrons. The summed E-state index contributed by atoms with van der Waals surface area (Å²) in [6, 6.07) is 2.09. The summed E-state index contributed by atoms with van der Waals surface area (Å²) >= 11 is 0. The van der Waals surface area contributed by atoms with Gasteiger partial charge in [-0.25, -0.2) is 0 Å². The molecule has 0 bridgehead atoms. The summed E-state index contributed by atoms with van der Waals surface area (Å²) in [5.41, 5.74) is 5.57. The zero-order chi connectivity index (χ0) is 12.1. The van der Waals surface area contributed by atoms with Gasteiger partial charge >= 0.3 is 0 Å². The summed E-state index contributed by atoms with van der Waals surface area (Å²) in [5.74, 6) is 2.05. The van der Waals surface area contributed by atoms with Gasteiger partial charge in [0.2, 0.25) is 11.8 Å². The maximum Gasteiger partial charge on any atom is 0.225 e. The molecule has 0 fully saturated rings. The second-order valence-electron chi connectivity index (χ2n) is 4.33. The SMILES string of the molecule is COc1cc(NC(C)CC(C)C)nc(N)n1. The van der Waals surface area contributed by atoms with Crippen LogP contribution in [0.3, 0.4) is 0 Å². The molecule has 5 heteroatoms. The molecule has 1 atom stereocenters. The number of nitrogens with zero attached hydrogens (tertiary/aromatic N) is 2. The van der Waals surface area contributed by atoms with Crippen molar-refractivity contribution in [2.24, 2.45) is 5.92 Å². The Bertz CT molecular complexity index is 341. The molecule has 1 aromatic rings. The lowest BCUT2D eigenvalue weighted by atomic mass is 10.1. The molecular weight excluding hydrogens is 204 g/mol. The van der Waals surface area contributed by atoms with Gasteiger partial charge in [0.25, 0.3) is 0 Å². The van der Waals surface area contributed by atoms with Gasteiger partial charge in [-0.2, -0.15) is 9.97 Å². The molecule has 0 aromatic carbocycles. The number of aromatic nitrogens is 2. The van der Waals surface area contributed by atoms with Crippen molar-refractivity contribution in [3.8, 4) is 5.88 Å². The van der Waals surface area contributed by atoms with Crippen molar-refractivity contribution in [1.29, 1.82) is 0 Å². The van der Waals surface area contributed by atoms with Gasteiger partial charge < -0.3 is 15.8 Å². The highest BCUT2D eigenvalue weighted by Gasteiger charge is 2.07. The van der Waals surface area contributed by atoms with E-state index in [0.29, 0.717) is 23.7 Å². The number of methoxy groups -OCH3 is 1. The minimum atomic E-state index is 0.221. The van der Waals surface area contributed by atoms with Gasteiger partial charge in [0.05, 0.1) is 7.11 Å². The molecule has 1 rings (SSSR count). The molecule has 0 aliphatic rings. The van der Waals surface area contributed by atoms with Crippen molar-refractivity contribution < 1.29 is 4.74 Å². The normalized spacial score (nSPS) is 12.6. The first kappa shape index (κ1) is 12.5. The molecule has 0 radical (unpaired) electrons. The van der Waals surface area contributed by atoms with Crippen LogP contribution in [0.2, 0.25) is 0 Å². The maximum atomic E-state index is 5.57. The molecule has 0 aliphatic carbocycles. The van der Waals surface area contributed by atoms with Crippen LogP contribution in [-0.2, 0) is 0 Å². The van der Waals surface area contributed by atoms with E-state index in [1.54, 1.807) is 13.2 Å². The highest BCUT2D eigenvalue weighted by Crippen LogP contribution is 2.16. The van der Waals surface area contributed by atoms with Gasteiger partial charge in [-0.05, 0) is 19.3 Å². The fourth-order valence-corrected chi connectivity index (χ4v) is 1.64. The Morgan fingerprint density at radius 3 is 2.62 bits per heavy atom. The molecule has 5 nitrogen and oxygen atoms in total. The monoisotopic (exact) mass is 224 g/mol. The van der Waals surface area contributed by atoms with E-state index in [1.165, 1.54) is 0 Å². The number of rotatable bonds is 5. The number of ether oxygens (including phenoxy) is 1. The summed E-state index contributed by atoms with van der Waals surface area (Å²) in [4.78, 5) is 8.03. The molecule has 0 aliphatic heterocycles. The third-order valence-corrected chi connectivity index (χ3v) is 2.15. The highest BCUT2D eigenvalue weighted by atomic mass is 16.5. The Kier molecular flexibility index (Phi) is 4.34. The van der Waals surface area contributed by atoms with Gasteiger partial charge in [-0.15, -0.1) is 0 Å². The van der Waals surface area contributed by atoms with Gasteiger partial charge in [0, 0.05) is 12.1 Å². The first-order chi connectivity index (χ1) is 7.51. The third-order valence-electron chi connectivity index (χ3n) is 2.15. The number of nitrogens with two attached hydrogens (primary N) is 1. The zero-order valence-corrected chi connectivity index (χ0v) is 10.3. The lowest BCUT2D eigenvalue weighted by Gasteiger charge is -2.16. The number of nitrogen functional groups attached to an aromatic ring is 1. The molecule has 16 heavy (non-hydrogen) atoms. The van der Waals surface area contributed by atoms with Gasteiger partial charge in [0.15, 0.2) is 0 Å². The van der Waals surface area contributed by atoms with Crippen molar-refractivity contribution in [2.45, 2.75) is 33.2 Å². The highest BCUT2D eigenvalue weighted by molar-refractivity contribution is 5.43. The molecule has 3 N–H and O–H groups in total. The van der Waals surface area contributed by atoms with E-state index in [4.69, 9.17) is 10.5 Å². The van der Waals surface area contributed by atoms with Crippen LogP contribution >= 0.6 is 0 Å². The number of anilines is 2. The second-order valence-corrected chi connectivity index (χ2v) is 4.33. The first-order valence-electron chi connectivity index (χ1n) is 5.46. The van der Waals surface area contributed by atoms with E-state index >= 15 is 0 Å². The Morgan fingerprint density at radius 2 is 2.06 bits per heavy atom. The van der Waals surface area contributed by atoms with Crippen molar-refractivity contribution in [2.75, 3.05) is 18.2 Å². The number of hydrogen-bond acceptors (Lipinski definition) is 5. The van der Waals surface area contributed by atoms with Crippen molar-refractivity contribution in [3.05, 3.63) is 6.07 Å². The minimum absolute atomic E-state index is 0.221. The van der Waals surface area contributed by atoms with Crippen LogP contribution in [0.4, 0.5) is 11.8 Å². The first-order valence-corrected chi connectivity index (χ1v) is 5.46. The van der Waals surface area contributed by atoms with Gasteiger partial charge in [0.1, 0.15) is 5.82 Å². The number of hydrogen-bond donors (Lipinski definition) is 2. The summed E-state index contributed by atoms with van der Waals surface area (Å²) in [6.07, 6.45) is 1.08. The molecular formula is C11H20N4O. The molecule has 1 unspecified atom stereocenters. The summed E-state index contributed by atoms with van der Waals surface area (Å²) in [7, 11) is 1.56. The summed E-state index contributed by atoms with van der Waals surface area (Å²) < 4.78 is 5.03. The average molecular weight is 224 g/mol. The van der Waals surface area contributed by atoms with E-state index < -0.39 is 0 Å². The second kappa shape index (κ2) is 5.53. The minimum Gasteiger partial charge on any atom is -0.481 e. The quantitative estimate of drug-likeness (QED) is 0.799. The summed E-state index contributed by atoms with van der Waals surface area (Å²) in [6.45, 7) is 6.49. The molecule has 1 aromatic heterocycles. The van der Waals surface area contributed by atoms with Gasteiger partial charge in [-0.1, -0.05) is 13.8 Å². The largest absolute Gasteiger partial charge is 0.481 e. The third kappa shape index (κ3) is 3.92. The molecule has 0 spiro atoms. The Balaban J connectivity index is 2.69. The van der Waals surface area contributed by atoms with Crippen LogP contribution in [0, 0.1) is 5.92 Å². The Hall–Kier alpha value is -1.52. The van der Waals surface area contributed by atoms with Crippen LogP contribution in [0.25, 0.3) is 0 Å². The van der Waals surface area contributed by atoms with Gasteiger partial charge in [-0.3, -0.25) is 0 Å². The fourth-order valence-electron chi connectivity index (χ4n) is 1.64. The average Bonchev–Trinajstić information content (AvgIpc) is 2.14. The fraction of sp³-hybridized carbons (Fsp3) is 0.636. The van der Waals surface area contributed by atoms with Crippen LogP contribution in [-0.4, -0.2) is 23.1 Å². The predicted molar refractivity (Wildman–Crippen MR) is 65.5 cm³/mol. The van der Waals surface area contributed by atoms with E-state index in [9.17, 15) is 0 Å². The lowest BCUT2D eigenvalue weighted by molar-refractivity contribution is 0.398. The summed E-state index contributed by atoms with van der Waals surface area (Å²) in [5, 5.41) is 3.28. The number of nitrogens with one attached hydrogen (secondary N) is 1. The van der Waals surface area contributed by atoms with E-state index in [-0.39, 0.29) is 5.95 Å². The molecule has 1 heterocycles. The molecule has 0 saturated carbocycles. The lowest BCUT2D eigenvalue weighted by Crippen LogP contribution is -2.18. The Labute approximate surface area is 96.4 Å². The maximum absolute atomic E-state index is 5.57. The standard InChI is InChI=1S/C11H20N4O/c1-7(2)5-8(3)13-9-6-10(16-4)15-11(12)14-9/h6-8H,5H2,1-4H3,(H3,12,13,14,15). The van der Waals surface area contributed by atoms with Crippen molar-refractivity contribution in [1.82, 2.24) is 9.97 Å². The topological polar surface area (TPSA) is 73.1 Å². The van der Waals surface area contributed by atoms with E-state index in [2.05, 4.69) is 36.1 Å². The predicted octanol–water partition coefficient (Wildman–Crippen LogP) is 1.91. The van der Waals surface area contributed by atoms with E-state index in [1.807, 2.05) is 0 Å². The van der Waals surface area contributed by atoms with Crippen LogP contribution in [0.1, 0.15) is 27.2 Å². The molecule has 0 saturated heterocycles. The zero-order valence-electron chi connectivity index (χ0n) is 10.3. The van der Waals surface area contributed by atoms with Crippen molar-refractivity contribution >= 4 is 11.8 Å². The van der Waals surface area contributed by atoms with Crippen molar-refractivity contribution in [3.63, 3.8) is 0 Å². The Morgan fingerprint density at radius 1 is 1.38 bits per heavy atom. The van der Waals surface area contributed by atoms with Crippen LogP contribution < -0.4 is 15.8 Å². The molecule has 0 amide bonds. The van der Waals surface area contributed by atoms with Crippen LogP contribution in [0.5, 0.6) is 5.88 Å².